The van der Waals surface area contributed by atoms with Gasteiger partial charge in [0.2, 0.25) is 5.65 Å². The predicted molar refractivity (Wildman–Crippen MR) is 131 cm³/mol. The van der Waals surface area contributed by atoms with E-state index in [1.165, 1.54) is 12.4 Å². The van der Waals surface area contributed by atoms with Gasteiger partial charge in [-0.15, -0.1) is 27.7 Å². The topological polar surface area (TPSA) is 134 Å². The Kier molecular flexibility index (Phi) is 5.91. The number of hydrogen-bond acceptors (Lipinski definition) is 8. The highest BCUT2D eigenvalue weighted by Gasteiger charge is 2.39. The van der Waals surface area contributed by atoms with Crippen LogP contribution in [0.3, 0.4) is 0 Å². The molecule has 0 radical (unpaired) electrons. The zero-order valence-electron chi connectivity index (χ0n) is 19.4. The normalized spacial score (nSPS) is 17.4. The van der Waals surface area contributed by atoms with Crippen molar-refractivity contribution < 1.29 is 5.11 Å². The first-order chi connectivity index (χ1) is 15.6. The number of fused-ring (bicyclic) bond motifs is 1. The van der Waals surface area contributed by atoms with E-state index in [1.807, 2.05) is 4.68 Å². The van der Waals surface area contributed by atoms with Crippen molar-refractivity contribution in [2.24, 2.45) is 0 Å². The fourth-order valence-electron chi connectivity index (χ4n) is 5.00. The van der Waals surface area contributed by atoms with Crippen molar-refractivity contribution in [2.75, 3.05) is 0 Å². The minimum Gasteiger partial charge on any atom is -0.507 e. The summed E-state index contributed by atoms with van der Waals surface area (Å²) >= 11 is 0. The number of rotatable bonds is 3. The Bertz CT molecular complexity index is 1400. The summed E-state index contributed by atoms with van der Waals surface area (Å²) in [5.41, 5.74) is 3.00. The summed E-state index contributed by atoms with van der Waals surface area (Å²) in [7, 11) is 0. The third kappa shape index (κ3) is 4.51. The van der Waals surface area contributed by atoms with Crippen molar-refractivity contribution in [1.82, 2.24) is 40.5 Å². The number of benzene rings is 1. The minimum atomic E-state index is -0.261. The van der Waals surface area contributed by atoms with Crippen molar-refractivity contribution in [2.45, 2.75) is 57.7 Å². The van der Waals surface area contributed by atoms with E-state index in [1.54, 1.807) is 24.3 Å². The van der Waals surface area contributed by atoms with E-state index >= 15 is 0 Å². The zero-order valence-corrected chi connectivity index (χ0v) is 20.2. The average molecular weight is 483 g/mol. The van der Waals surface area contributed by atoms with E-state index in [4.69, 9.17) is 0 Å². The van der Waals surface area contributed by atoms with Gasteiger partial charge >= 0.3 is 0 Å². The third-order valence-electron chi connectivity index (χ3n) is 5.98. The number of nitrogens with one attached hydrogen (secondary N) is 2. The fourth-order valence-corrected chi connectivity index (χ4v) is 5.00. The second kappa shape index (κ2) is 8.44. The largest absolute Gasteiger partial charge is 0.507 e. The van der Waals surface area contributed by atoms with Gasteiger partial charge in [-0.3, -0.25) is 4.79 Å². The van der Waals surface area contributed by atoms with Crippen LogP contribution in [0.5, 0.6) is 5.75 Å². The van der Waals surface area contributed by atoms with Crippen molar-refractivity contribution in [3.8, 4) is 28.3 Å². The third-order valence-corrected chi connectivity index (χ3v) is 5.98. The zero-order chi connectivity index (χ0) is 23.4. The van der Waals surface area contributed by atoms with E-state index in [0.29, 0.717) is 33.7 Å². The highest BCUT2D eigenvalue weighted by atomic mass is 35.5. The summed E-state index contributed by atoms with van der Waals surface area (Å²) < 4.78 is 1.87. The van der Waals surface area contributed by atoms with Crippen molar-refractivity contribution in [3.63, 3.8) is 0 Å². The Morgan fingerprint density at radius 2 is 1.74 bits per heavy atom. The molecule has 4 aromatic rings. The molecule has 1 aliphatic heterocycles. The van der Waals surface area contributed by atoms with Crippen LogP contribution in [-0.4, -0.2) is 51.3 Å². The molecule has 1 saturated heterocycles. The van der Waals surface area contributed by atoms with Gasteiger partial charge in [-0.25, -0.2) is 9.67 Å². The Morgan fingerprint density at radius 3 is 2.41 bits per heavy atom. The van der Waals surface area contributed by atoms with Gasteiger partial charge in [0.05, 0.1) is 23.8 Å². The molecule has 0 saturated carbocycles. The number of aromatic hydroxyl groups is 1. The first kappa shape index (κ1) is 23.8. The second-order valence-corrected chi connectivity index (χ2v) is 9.96. The number of phenols is 1. The number of aromatic amines is 1. The summed E-state index contributed by atoms with van der Waals surface area (Å²) in [6, 6.07) is 8.37. The molecule has 10 nitrogen and oxygen atoms in total. The maximum atomic E-state index is 11.6. The van der Waals surface area contributed by atoms with E-state index in [2.05, 4.69) is 63.5 Å². The molecule has 0 spiro atoms. The number of phenolic OH excluding ortho intramolecular Hbond substituents is 1. The van der Waals surface area contributed by atoms with E-state index in [-0.39, 0.29) is 40.8 Å². The van der Waals surface area contributed by atoms with Crippen LogP contribution < -0.4 is 10.9 Å². The molecule has 0 aliphatic carbocycles. The summed E-state index contributed by atoms with van der Waals surface area (Å²) in [6.07, 6.45) is 3.13. The number of piperidine rings is 1. The van der Waals surface area contributed by atoms with Gasteiger partial charge in [-0.05, 0) is 58.7 Å². The molecule has 178 valence electrons. The van der Waals surface area contributed by atoms with Crippen LogP contribution in [0.2, 0.25) is 0 Å². The van der Waals surface area contributed by atoms with Crippen LogP contribution in [0.4, 0.5) is 0 Å². The fraction of sp³-hybridized carbons (Fsp3) is 0.391. The molecule has 1 aromatic carbocycles. The Hall–Kier alpha value is -3.37. The Labute approximate surface area is 202 Å². The first-order valence-electron chi connectivity index (χ1n) is 10.9. The summed E-state index contributed by atoms with van der Waals surface area (Å²) in [6.45, 7) is 8.77. The van der Waals surface area contributed by atoms with Gasteiger partial charge < -0.3 is 15.4 Å². The molecular formula is C23H27ClN8O2. The van der Waals surface area contributed by atoms with E-state index < -0.39 is 0 Å². The Morgan fingerprint density at radius 1 is 1.00 bits per heavy atom. The van der Waals surface area contributed by atoms with Crippen LogP contribution in [0.1, 0.15) is 46.6 Å². The highest BCUT2D eigenvalue weighted by molar-refractivity contribution is 5.85. The Balaban J connectivity index is 0.00000274. The highest BCUT2D eigenvalue weighted by Crippen LogP contribution is 2.37. The van der Waals surface area contributed by atoms with Crippen molar-refractivity contribution in [3.05, 3.63) is 47.0 Å². The number of hydrogen-bond donors (Lipinski definition) is 3. The van der Waals surface area contributed by atoms with Gasteiger partial charge in [0.25, 0.3) is 5.56 Å². The molecule has 5 rings (SSSR count). The predicted octanol–water partition coefficient (Wildman–Crippen LogP) is 3.25. The van der Waals surface area contributed by atoms with Gasteiger partial charge in [-0.1, -0.05) is 11.3 Å². The monoisotopic (exact) mass is 482 g/mol. The van der Waals surface area contributed by atoms with Crippen LogP contribution >= 0.6 is 12.4 Å². The molecule has 34 heavy (non-hydrogen) atoms. The summed E-state index contributed by atoms with van der Waals surface area (Å²) in [5, 5.41) is 31.8. The molecular weight excluding hydrogens is 456 g/mol. The smallest absolute Gasteiger partial charge is 0.251 e. The van der Waals surface area contributed by atoms with Crippen LogP contribution in [0.15, 0.2) is 41.5 Å². The van der Waals surface area contributed by atoms with Gasteiger partial charge in [0, 0.05) is 28.3 Å². The van der Waals surface area contributed by atoms with Crippen molar-refractivity contribution in [1.29, 1.82) is 0 Å². The molecule has 0 atom stereocenters. The van der Waals surface area contributed by atoms with Crippen LogP contribution in [-0.2, 0) is 0 Å². The van der Waals surface area contributed by atoms with Crippen molar-refractivity contribution >= 4 is 23.6 Å². The standard InChI is InChI=1S/C23H26N8O2.ClH/c1-22(2)10-14(11-23(3,4)29-22)31-21-18(27-30-31)8-17(26-28-21)15-6-5-13(7-19(15)32)16-9-20(33)25-12-24-16;/h5-9,12,14,29,32H,10-11H2,1-4H3,(H,24,25,33);1H. The average Bonchev–Trinajstić information content (AvgIpc) is 3.15. The van der Waals surface area contributed by atoms with E-state index in [9.17, 15) is 9.90 Å². The SMILES string of the molecule is CC1(C)CC(n2nnc3cc(-c4ccc(-c5cc(=O)[nH]cn5)cc4O)nnc32)CC(C)(C)N1.Cl. The molecule has 3 aromatic heterocycles. The lowest BCUT2D eigenvalue weighted by molar-refractivity contribution is 0.127. The molecule has 0 unspecified atom stereocenters. The maximum Gasteiger partial charge on any atom is 0.251 e. The quantitative estimate of drug-likeness (QED) is 0.405. The molecule has 0 bridgehead atoms. The molecule has 4 heterocycles. The lowest BCUT2D eigenvalue weighted by Crippen LogP contribution is -2.58. The molecule has 1 aliphatic rings. The second-order valence-electron chi connectivity index (χ2n) is 9.96. The molecule has 3 N–H and O–H groups in total. The van der Waals surface area contributed by atoms with Crippen LogP contribution in [0.25, 0.3) is 33.7 Å². The maximum absolute atomic E-state index is 11.6. The van der Waals surface area contributed by atoms with Gasteiger partial charge in [-0.2, -0.15) is 0 Å². The lowest BCUT2D eigenvalue weighted by Gasteiger charge is -2.46. The number of aromatic nitrogens is 7. The molecule has 0 amide bonds. The minimum absolute atomic E-state index is 0. The lowest BCUT2D eigenvalue weighted by atomic mass is 9.80. The molecule has 1 fully saturated rings. The molecule has 11 heteroatoms. The first-order valence-corrected chi connectivity index (χ1v) is 10.9. The number of halogens is 1. The summed E-state index contributed by atoms with van der Waals surface area (Å²) in [4.78, 5) is 18.2. The number of nitrogens with zero attached hydrogens (tertiary/aromatic N) is 6. The van der Waals surface area contributed by atoms with Gasteiger partial charge in [0.15, 0.2) is 0 Å². The number of H-pyrrole nitrogens is 1. The van der Waals surface area contributed by atoms with Gasteiger partial charge in [0.1, 0.15) is 11.3 Å². The summed E-state index contributed by atoms with van der Waals surface area (Å²) in [5.74, 6) is 0.0116. The van der Waals surface area contributed by atoms with E-state index in [0.717, 1.165) is 12.8 Å². The van der Waals surface area contributed by atoms with Crippen LogP contribution in [0, 0.1) is 0 Å².